The number of carboxylic acids is 1. The number of rotatable bonds is 5. The van der Waals surface area contributed by atoms with Gasteiger partial charge in [0, 0.05) is 19.1 Å². The number of likely N-dealkylation sites (tertiary alicyclic amines) is 1. The molecule has 19 heavy (non-hydrogen) atoms. The lowest BCUT2D eigenvalue weighted by molar-refractivity contribution is -0.138. The number of hydrogen-bond acceptors (Lipinski definition) is 3. The van der Waals surface area contributed by atoms with Crippen LogP contribution in [0, 0.1) is 0 Å². The maximum absolute atomic E-state index is 10.8. The molecule has 1 heterocycles. The van der Waals surface area contributed by atoms with Crippen LogP contribution in [0.3, 0.4) is 0 Å². The molecule has 4 heteroatoms. The Morgan fingerprint density at radius 3 is 2.84 bits per heavy atom. The van der Waals surface area contributed by atoms with E-state index in [0.717, 1.165) is 32.5 Å². The van der Waals surface area contributed by atoms with Gasteiger partial charge in [0.2, 0.25) is 0 Å². The van der Waals surface area contributed by atoms with Crippen LogP contribution in [0.1, 0.15) is 18.4 Å². The van der Waals surface area contributed by atoms with Crippen LogP contribution < -0.4 is 0 Å². The largest absolute Gasteiger partial charge is 0.480 e. The number of likely N-dealkylation sites (N-methyl/N-ethyl adjacent to an activating group) is 1. The van der Waals surface area contributed by atoms with Crippen molar-refractivity contribution < 1.29 is 9.90 Å². The predicted octanol–water partition coefficient (Wildman–Crippen LogP) is 1.67. The van der Waals surface area contributed by atoms with Gasteiger partial charge in [-0.2, -0.15) is 0 Å². The fourth-order valence-corrected chi connectivity index (χ4v) is 2.73. The molecular weight excluding hydrogens is 240 g/mol. The predicted molar refractivity (Wildman–Crippen MR) is 75.0 cm³/mol. The molecule has 4 nitrogen and oxygen atoms in total. The third kappa shape index (κ3) is 4.33. The Bertz CT molecular complexity index is 408. The Morgan fingerprint density at radius 1 is 1.42 bits per heavy atom. The van der Waals surface area contributed by atoms with Crippen molar-refractivity contribution in [3.8, 4) is 0 Å². The third-order valence-corrected chi connectivity index (χ3v) is 3.74. The highest BCUT2D eigenvalue weighted by Gasteiger charge is 2.24. The molecule has 0 amide bonds. The fraction of sp³-hybridized carbons (Fsp3) is 0.533. The lowest BCUT2D eigenvalue weighted by Gasteiger charge is -2.37. The zero-order valence-electron chi connectivity index (χ0n) is 11.5. The third-order valence-electron chi connectivity index (χ3n) is 3.74. The minimum Gasteiger partial charge on any atom is -0.480 e. The summed E-state index contributed by atoms with van der Waals surface area (Å²) in [6, 6.07) is 10.9. The second-order valence-electron chi connectivity index (χ2n) is 5.33. The van der Waals surface area contributed by atoms with E-state index in [9.17, 15) is 4.79 Å². The van der Waals surface area contributed by atoms with Gasteiger partial charge in [-0.15, -0.1) is 0 Å². The average Bonchev–Trinajstić information content (AvgIpc) is 2.39. The maximum atomic E-state index is 10.8. The molecule has 0 bridgehead atoms. The van der Waals surface area contributed by atoms with Crippen LogP contribution >= 0.6 is 0 Å². The Labute approximate surface area is 114 Å². The summed E-state index contributed by atoms with van der Waals surface area (Å²) in [6.07, 6.45) is 2.23. The van der Waals surface area contributed by atoms with Crippen molar-refractivity contribution in [1.29, 1.82) is 0 Å². The zero-order valence-corrected chi connectivity index (χ0v) is 11.5. The average molecular weight is 262 g/mol. The van der Waals surface area contributed by atoms with Crippen molar-refractivity contribution in [3.63, 3.8) is 0 Å². The number of benzene rings is 1. The second kappa shape index (κ2) is 6.68. The molecule has 0 spiro atoms. The minimum absolute atomic E-state index is 0.162. The topological polar surface area (TPSA) is 43.8 Å². The summed E-state index contributed by atoms with van der Waals surface area (Å²) >= 11 is 0. The summed E-state index contributed by atoms with van der Waals surface area (Å²) in [5.74, 6) is -0.730. The van der Waals surface area contributed by atoms with Crippen LogP contribution in [0.4, 0.5) is 0 Å². The summed E-state index contributed by atoms with van der Waals surface area (Å²) in [6.45, 7) is 2.85. The van der Waals surface area contributed by atoms with Crippen molar-refractivity contribution in [2.45, 2.75) is 25.4 Å². The normalized spacial score (nSPS) is 20.6. The van der Waals surface area contributed by atoms with Gasteiger partial charge in [0.1, 0.15) is 0 Å². The van der Waals surface area contributed by atoms with Gasteiger partial charge in [-0.3, -0.25) is 14.6 Å². The number of carbonyl (C=O) groups is 1. The summed E-state index contributed by atoms with van der Waals surface area (Å²) in [5, 5.41) is 8.87. The molecule has 104 valence electrons. The molecule has 1 unspecified atom stereocenters. The first kappa shape index (κ1) is 14.0. The van der Waals surface area contributed by atoms with E-state index in [0.29, 0.717) is 6.04 Å². The van der Waals surface area contributed by atoms with Gasteiger partial charge in [-0.25, -0.2) is 0 Å². The first-order valence-electron chi connectivity index (χ1n) is 6.83. The number of carboxylic acid groups (broad SMARTS) is 1. The Kier molecular flexibility index (Phi) is 4.93. The summed E-state index contributed by atoms with van der Waals surface area (Å²) in [5.41, 5.74) is 1.31. The Morgan fingerprint density at radius 2 is 2.16 bits per heavy atom. The molecule has 1 atom stereocenters. The maximum Gasteiger partial charge on any atom is 0.317 e. The van der Waals surface area contributed by atoms with Crippen molar-refractivity contribution in [1.82, 2.24) is 9.80 Å². The molecule has 1 fully saturated rings. The van der Waals surface area contributed by atoms with Crippen molar-refractivity contribution in [3.05, 3.63) is 35.9 Å². The van der Waals surface area contributed by atoms with Crippen LogP contribution in [-0.2, 0) is 11.3 Å². The van der Waals surface area contributed by atoms with Gasteiger partial charge in [-0.1, -0.05) is 30.3 Å². The molecule has 1 N–H and O–H groups in total. The number of aliphatic carboxylic acids is 1. The lowest BCUT2D eigenvalue weighted by Crippen LogP contribution is -2.47. The first-order chi connectivity index (χ1) is 9.15. The van der Waals surface area contributed by atoms with Crippen LogP contribution in [0.2, 0.25) is 0 Å². The number of piperidine rings is 1. The summed E-state index contributed by atoms with van der Waals surface area (Å²) < 4.78 is 0. The quantitative estimate of drug-likeness (QED) is 0.876. The van der Waals surface area contributed by atoms with E-state index in [2.05, 4.69) is 36.2 Å². The van der Waals surface area contributed by atoms with Crippen LogP contribution in [0.25, 0.3) is 0 Å². The SMILES string of the molecule is CN(Cc1ccccc1)C1CCCN(CC(=O)O)C1. The zero-order chi connectivity index (χ0) is 13.7. The monoisotopic (exact) mass is 262 g/mol. The standard InChI is InChI=1S/C15H22N2O2/c1-16(10-13-6-3-2-4-7-13)14-8-5-9-17(11-14)12-15(18)19/h2-4,6-7,14H,5,8-12H2,1H3,(H,18,19). The van der Waals surface area contributed by atoms with E-state index >= 15 is 0 Å². The minimum atomic E-state index is -0.730. The van der Waals surface area contributed by atoms with Crippen molar-refractivity contribution in [2.75, 3.05) is 26.7 Å². The van der Waals surface area contributed by atoms with E-state index in [1.807, 2.05) is 11.0 Å². The van der Waals surface area contributed by atoms with E-state index in [-0.39, 0.29) is 6.54 Å². The summed E-state index contributed by atoms with van der Waals surface area (Å²) in [7, 11) is 2.13. The molecule has 1 aliphatic heterocycles. The Balaban J connectivity index is 1.88. The van der Waals surface area contributed by atoms with E-state index in [4.69, 9.17) is 5.11 Å². The van der Waals surface area contributed by atoms with Crippen molar-refractivity contribution in [2.24, 2.45) is 0 Å². The molecule has 1 aromatic rings. The number of hydrogen-bond donors (Lipinski definition) is 1. The van der Waals surface area contributed by atoms with Gasteiger partial charge in [-0.05, 0) is 32.0 Å². The van der Waals surface area contributed by atoms with Crippen LogP contribution in [-0.4, -0.2) is 53.6 Å². The van der Waals surface area contributed by atoms with Crippen LogP contribution in [0.15, 0.2) is 30.3 Å². The van der Waals surface area contributed by atoms with E-state index < -0.39 is 5.97 Å². The highest BCUT2D eigenvalue weighted by Crippen LogP contribution is 2.16. The van der Waals surface area contributed by atoms with Crippen LogP contribution in [0.5, 0.6) is 0 Å². The molecule has 1 aromatic carbocycles. The molecule has 1 saturated heterocycles. The molecule has 1 aliphatic rings. The summed E-state index contributed by atoms with van der Waals surface area (Å²) in [4.78, 5) is 15.2. The molecule has 2 rings (SSSR count). The molecule has 0 aromatic heterocycles. The van der Waals surface area contributed by atoms with Gasteiger partial charge >= 0.3 is 5.97 Å². The molecular formula is C15H22N2O2. The second-order valence-corrected chi connectivity index (χ2v) is 5.33. The molecule has 0 radical (unpaired) electrons. The molecule has 0 saturated carbocycles. The van der Waals surface area contributed by atoms with E-state index in [1.165, 1.54) is 5.56 Å². The van der Waals surface area contributed by atoms with Gasteiger partial charge in [0.15, 0.2) is 0 Å². The first-order valence-corrected chi connectivity index (χ1v) is 6.83. The van der Waals surface area contributed by atoms with Crippen molar-refractivity contribution >= 4 is 5.97 Å². The van der Waals surface area contributed by atoms with Gasteiger partial charge in [0.05, 0.1) is 6.54 Å². The van der Waals surface area contributed by atoms with E-state index in [1.54, 1.807) is 0 Å². The lowest BCUT2D eigenvalue weighted by atomic mass is 10.0. The molecule has 0 aliphatic carbocycles. The Hall–Kier alpha value is -1.39. The smallest absolute Gasteiger partial charge is 0.317 e. The van der Waals surface area contributed by atoms with Gasteiger partial charge < -0.3 is 5.11 Å². The highest BCUT2D eigenvalue weighted by atomic mass is 16.4. The number of nitrogens with zero attached hydrogens (tertiary/aromatic N) is 2. The highest BCUT2D eigenvalue weighted by molar-refractivity contribution is 5.69. The fourth-order valence-electron chi connectivity index (χ4n) is 2.73. The van der Waals surface area contributed by atoms with Gasteiger partial charge in [0.25, 0.3) is 0 Å².